The van der Waals surface area contributed by atoms with Gasteiger partial charge >= 0.3 is 12.1 Å². The van der Waals surface area contributed by atoms with Crippen LogP contribution in [-0.4, -0.2) is 19.0 Å². The van der Waals surface area contributed by atoms with Crippen LogP contribution >= 0.6 is 11.6 Å². The maximum atomic E-state index is 12.7. The van der Waals surface area contributed by atoms with Crippen molar-refractivity contribution in [3.05, 3.63) is 64.2 Å². The molecule has 1 amide bonds. The van der Waals surface area contributed by atoms with Gasteiger partial charge in [-0.2, -0.15) is 13.2 Å². The highest BCUT2D eigenvalue weighted by Gasteiger charge is 2.30. The van der Waals surface area contributed by atoms with Gasteiger partial charge in [-0.15, -0.1) is 0 Å². The summed E-state index contributed by atoms with van der Waals surface area (Å²) < 4.78 is 42.6. The third kappa shape index (κ3) is 4.05. The van der Waals surface area contributed by atoms with E-state index in [9.17, 15) is 22.8 Å². The normalized spacial score (nSPS) is 11.0. The summed E-state index contributed by atoms with van der Waals surface area (Å²) in [6, 6.07) is 8.07. The van der Waals surface area contributed by atoms with E-state index in [0.29, 0.717) is 0 Å². The van der Waals surface area contributed by atoms with E-state index in [4.69, 9.17) is 11.6 Å². The number of alkyl halides is 3. The number of ether oxygens (including phenoxy) is 1. The van der Waals surface area contributed by atoms with Gasteiger partial charge in [0, 0.05) is 11.3 Å². The highest BCUT2D eigenvalue weighted by Crippen LogP contribution is 2.29. The summed E-state index contributed by atoms with van der Waals surface area (Å²) in [7, 11) is 1.17. The molecule has 0 atom stereocenters. The van der Waals surface area contributed by atoms with Crippen LogP contribution in [0.4, 0.5) is 18.9 Å². The fraction of sp³-hybridized carbons (Fsp3) is 0.125. The molecule has 0 aliphatic rings. The molecule has 2 rings (SSSR count). The average Bonchev–Trinajstić information content (AvgIpc) is 2.55. The van der Waals surface area contributed by atoms with Gasteiger partial charge in [-0.25, -0.2) is 4.79 Å². The maximum Gasteiger partial charge on any atom is 0.416 e. The molecule has 8 heteroatoms. The molecule has 1 N–H and O–H groups in total. The van der Waals surface area contributed by atoms with Gasteiger partial charge in [0.1, 0.15) is 0 Å². The highest BCUT2D eigenvalue weighted by molar-refractivity contribution is 6.33. The summed E-state index contributed by atoms with van der Waals surface area (Å²) in [5.41, 5.74) is -0.871. The highest BCUT2D eigenvalue weighted by atomic mass is 35.5. The third-order valence-corrected chi connectivity index (χ3v) is 3.41. The summed E-state index contributed by atoms with van der Waals surface area (Å²) in [5.74, 6) is -1.45. The maximum absolute atomic E-state index is 12.7. The number of methoxy groups -OCH3 is 1. The van der Waals surface area contributed by atoms with Crippen molar-refractivity contribution in [1.82, 2.24) is 0 Å². The van der Waals surface area contributed by atoms with E-state index in [-0.39, 0.29) is 21.8 Å². The van der Waals surface area contributed by atoms with Gasteiger partial charge in [-0.1, -0.05) is 17.7 Å². The fourth-order valence-electron chi connectivity index (χ4n) is 1.91. The van der Waals surface area contributed by atoms with E-state index < -0.39 is 23.6 Å². The van der Waals surface area contributed by atoms with Crippen molar-refractivity contribution in [2.45, 2.75) is 6.18 Å². The molecule has 2 aromatic rings. The zero-order valence-electron chi connectivity index (χ0n) is 12.3. The smallest absolute Gasteiger partial charge is 0.416 e. The number of nitrogens with one attached hydrogen (secondary N) is 1. The molecule has 4 nitrogen and oxygen atoms in total. The molecule has 2 aromatic carbocycles. The molecule has 24 heavy (non-hydrogen) atoms. The Balaban J connectivity index is 2.26. The quantitative estimate of drug-likeness (QED) is 0.828. The van der Waals surface area contributed by atoms with Crippen LogP contribution in [0.5, 0.6) is 0 Å². The van der Waals surface area contributed by atoms with Crippen molar-refractivity contribution in [3.8, 4) is 0 Å². The van der Waals surface area contributed by atoms with Crippen LogP contribution in [0.2, 0.25) is 5.02 Å². The van der Waals surface area contributed by atoms with Crippen LogP contribution in [0.3, 0.4) is 0 Å². The molecule has 0 unspecified atom stereocenters. The van der Waals surface area contributed by atoms with Gasteiger partial charge < -0.3 is 10.1 Å². The lowest BCUT2D eigenvalue weighted by Crippen LogP contribution is -2.14. The van der Waals surface area contributed by atoms with E-state index >= 15 is 0 Å². The van der Waals surface area contributed by atoms with Crippen LogP contribution in [0, 0.1) is 0 Å². The lowest BCUT2D eigenvalue weighted by atomic mass is 10.1. The SMILES string of the molecule is COC(=O)c1cc(NC(=O)c2cccc(C(F)(F)F)c2)ccc1Cl. The minimum Gasteiger partial charge on any atom is -0.465 e. The summed E-state index contributed by atoms with van der Waals surface area (Å²) in [6.07, 6.45) is -4.55. The number of carbonyl (C=O) groups excluding carboxylic acids is 2. The number of esters is 1. The second-order valence-corrected chi connectivity index (χ2v) is 5.13. The number of anilines is 1. The largest absolute Gasteiger partial charge is 0.465 e. The second-order valence-electron chi connectivity index (χ2n) is 4.72. The Morgan fingerprint density at radius 3 is 2.46 bits per heavy atom. The van der Waals surface area contributed by atoms with Crippen LogP contribution in [0.1, 0.15) is 26.3 Å². The van der Waals surface area contributed by atoms with Gasteiger partial charge in [-0.05, 0) is 36.4 Å². The zero-order valence-corrected chi connectivity index (χ0v) is 13.0. The summed E-state index contributed by atoms with van der Waals surface area (Å²) in [5, 5.41) is 2.53. The van der Waals surface area contributed by atoms with Crippen molar-refractivity contribution in [2.75, 3.05) is 12.4 Å². The van der Waals surface area contributed by atoms with E-state index in [1.165, 1.54) is 31.4 Å². The molecule has 0 heterocycles. The molecule has 0 saturated carbocycles. The Morgan fingerprint density at radius 1 is 1.12 bits per heavy atom. The fourth-order valence-corrected chi connectivity index (χ4v) is 2.10. The Bertz CT molecular complexity index is 790. The molecule has 0 aliphatic carbocycles. The van der Waals surface area contributed by atoms with E-state index in [0.717, 1.165) is 18.2 Å². The summed E-state index contributed by atoms with van der Waals surface area (Å²) in [4.78, 5) is 23.7. The van der Waals surface area contributed by atoms with Gasteiger partial charge in [0.25, 0.3) is 5.91 Å². The average molecular weight is 358 g/mol. The van der Waals surface area contributed by atoms with Gasteiger partial charge in [-0.3, -0.25) is 4.79 Å². The number of amides is 1. The first-order valence-corrected chi connectivity index (χ1v) is 6.96. The summed E-state index contributed by atoms with van der Waals surface area (Å²) >= 11 is 5.86. The lowest BCUT2D eigenvalue weighted by molar-refractivity contribution is -0.137. The first kappa shape index (κ1) is 17.8. The molecule has 0 spiro atoms. The predicted octanol–water partition coefficient (Wildman–Crippen LogP) is 4.40. The van der Waals surface area contributed by atoms with Crippen molar-refractivity contribution in [2.24, 2.45) is 0 Å². The second kappa shape index (κ2) is 6.92. The first-order chi connectivity index (χ1) is 11.2. The lowest BCUT2D eigenvalue weighted by Gasteiger charge is -2.10. The molecule has 0 aliphatic heterocycles. The predicted molar refractivity (Wildman–Crippen MR) is 82.2 cm³/mol. The summed E-state index contributed by atoms with van der Waals surface area (Å²) in [6.45, 7) is 0. The molecule has 0 fully saturated rings. The molecular weight excluding hydrogens is 347 g/mol. The van der Waals surface area contributed by atoms with E-state index in [1.807, 2.05) is 0 Å². The molecule has 0 radical (unpaired) electrons. The monoisotopic (exact) mass is 357 g/mol. The van der Waals surface area contributed by atoms with Crippen molar-refractivity contribution in [3.63, 3.8) is 0 Å². The Labute approximate surface area is 140 Å². The molecule has 126 valence electrons. The minimum absolute atomic E-state index is 0.0287. The standard InChI is InChI=1S/C16H11ClF3NO3/c1-24-15(23)12-8-11(5-6-13(12)17)21-14(22)9-3-2-4-10(7-9)16(18,19)20/h2-8H,1H3,(H,21,22). The topological polar surface area (TPSA) is 55.4 Å². The van der Waals surface area contributed by atoms with Gasteiger partial charge in [0.15, 0.2) is 0 Å². The zero-order chi connectivity index (χ0) is 17.9. The Kier molecular flexibility index (Phi) is 5.14. The van der Waals surface area contributed by atoms with Crippen LogP contribution < -0.4 is 5.32 Å². The molecule has 0 bridgehead atoms. The molecular formula is C16H11ClF3NO3. The van der Waals surface area contributed by atoms with E-state index in [1.54, 1.807) is 0 Å². The van der Waals surface area contributed by atoms with Crippen LogP contribution in [0.15, 0.2) is 42.5 Å². The third-order valence-electron chi connectivity index (χ3n) is 3.08. The number of halogens is 4. The Morgan fingerprint density at radius 2 is 1.83 bits per heavy atom. The molecule has 0 saturated heterocycles. The van der Waals surface area contributed by atoms with Gasteiger partial charge in [0.2, 0.25) is 0 Å². The van der Waals surface area contributed by atoms with Crippen LogP contribution in [-0.2, 0) is 10.9 Å². The Hall–Kier alpha value is -2.54. The van der Waals surface area contributed by atoms with Crippen molar-refractivity contribution < 1.29 is 27.5 Å². The minimum atomic E-state index is -4.55. The van der Waals surface area contributed by atoms with Crippen molar-refractivity contribution >= 4 is 29.2 Å². The number of benzene rings is 2. The van der Waals surface area contributed by atoms with Gasteiger partial charge in [0.05, 0.1) is 23.3 Å². The number of rotatable bonds is 3. The number of hydrogen-bond acceptors (Lipinski definition) is 3. The number of carbonyl (C=O) groups is 2. The van der Waals surface area contributed by atoms with E-state index in [2.05, 4.69) is 10.1 Å². The number of hydrogen-bond donors (Lipinski definition) is 1. The van der Waals surface area contributed by atoms with Crippen molar-refractivity contribution in [1.29, 1.82) is 0 Å². The molecule has 0 aromatic heterocycles. The van der Waals surface area contributed by atoms with Crippen LogP contribution in [0.25, 0.3) is 0 Å². The first-order valence-electron chi connectivity index (χ1n) is 6.59.